The first-order valence-corrected chi connectivity index (χ1v) is 32.2. The molecule has 89 heavy (non-hydrogen) atoms. The van der Waals surface area contributed by atoms with Gasteiger partial charge in [0.1, 0.15) is 73.2 Å². The molecular weight excluding hydrogens is 1140 g/mol. The molecule has 0 bridgehead atoms. The van der Waals surface area contributed by atoms with Gasteiger partial charge in [0.25, 0.3) is 0 Å². The molecule has 0 aromatic rings. The van der Waals surface area contributed by atoms with Crippen molar-refractivity contribution in [3.63, 3.8) is 0 Å². The van der Waals surface area contributed by atoms with E-state index in [1.54, 1.807) is 12.2 Å². The average molecular weight is 1250 g/mol. The molecule has 0 aliphatic carbocycles. The Morgan fingerprint density at radius 2 is 0.798 bits per heavy atom. The second kappa shape index (κ2) is 50.0. The first-order valence-electron chi connectivity index (χ1n) is 32.2. The van der Waals surface area contributed by atoms with Crippen LogP contribution in [-0.4, -0.2) is 193 Å². The van der Waals surface area contributed by atoms with Gasteiger partial charge in [0.2, 0.25) is 5.91 Å². The molecule has 1 amide bonds. The summed E-state index contributed by atoms with van der Waals surface area (Å²) in [6.07, 6.45) is 45.6. The number of aliphatic hydroxyl groups is 11. The largest absolute Gasteiger partial charge is 0.394 e. The predicted octanol–water partition coefficient (Wildman–Crippen LogP) is 7.37. The Morgan fingerprint density at radius 1 is 0.427 bits per heavy atom. The third-order valence-corrected chi connectivity index (χ3v) is 14.9. The summed E-state index contributed by atoms with van der Waals surface area (Å²) in [5.74, 6) is -0.327. The van der Waals surface area contributed by atoms with Gasteiger partial charge in [-0.1, -0.05) is 178 Å². The molecule has 17 atom stereocenters. The van der Waals surface area contributed by atoms with Gasteiger partial charge in [-0.05, 0) is 116 Å². The van der Waals surface area contributed by atoms with E-state index in [1.165, 1.54) is 0 Å². The van der Waals surface area contributed by atoms with Crippen LogP contribution in [0.1, 0.15) is 142 Å². The van der Waals surface area contributed by atoms with Crippen molar-refractivity contribution in [3.8, 4) is 0 Å². The molecule has 3 aliphatic heterocycles. The number of unbranched alkanes of at least 4 members (excludes halogenated alkanes) is 6. The van der Waals surface area contributed by atoms with Crippen molar-refractivity contribution in [3.05, 3.63) is 158 Å². The molecule has 3 saturated heterocycles. The third kappa shape index (κ3) is 32.5. The number of hydrogen-bond acceptors (Lipinski definition) is 18. The molecule has 0 saturated carbocycles. The summed E-state index contributed by atoms with van der Waals surface area (Å²) >= 11 is 0. The maximum atomic E-state index is 13.3. The van der Waals surface area contributed by atoms with Crippen molar-refractivity contribution < 1.29 is 89.4 Å². The number of allylic oxidation sites excluding steroid dienone is 25. The molecular formula is C70H109NO18. The van der Waals surface area contributed by atoms with Crippen LogP contribution in [0.2, 0.25) is 0 Å². The topological polar surface area (TPSA) is 307 Å². The zero-order chi connectivity index (χ0) is 64.7. The van der Waals surface area contributed by atoms with Gasteiger partial charge in [-0.3, -0.25) is 4.79 Å². The molecule has 17 unspecified atom stereocenters. The minimum Gasteiger partial charge on any atom is -0.394 e. The quantitative estimate of drug-likeness (QED) is 0.0209. The number of carbonyl (C=O) groups excluding carboxylic acids is 1. The van der Waals surface area contributed by atoms with Gasteiger partial charge in [0.05, 0.1) is 38.6 Å². The number of nitrogens with one attached hydrogen (secondary N) is 1. The molecule has 0 aromatic heterocycles. The fraction of sp³-hybridized carbons (Fsp3) is 0.614. The van der Waals surface area contributed by atoms with Crippen LogP contribution >= 0.6 is 0 Å². The van der Waals surface area contributed by atoms with Crippen molar-refractivity contribution >= 4 is 5.91 Å². The highest BCUT2D eigenvalue weighted by atomic mass is 16.8. The number of ether oxygens (including phenoxy) is 6. The van der Waals surface area contributed by atoms with Crippen LogP contribution in [0.25, 0.3) is 0 Å². The second-order valence-electron chi connectivity index (χ2n) is 22.1. The van der Waals surface area contributed by atoms with Crippen molar-refractivity contribution in [2.45, 2.75) is 247 Å². The Kier molecular flexibility index (Phi) is 44.2. The summed E-state index contributed by atoms with van der Waals surface area (Å²) in [4.78, 5) is 13.3. The van der Waals surface area contributed by atoms with E-state index in [1.807, 2.05) is 13.0 Å². The van der Waals surface area contributed by atoms with Gasteiger partial charge in [-0.2, -0.15) is 0 Å². The highest BCUT2D eigenvalue weighted by Gasteiger charge is 2.53. The van der Waals surface area contributed by atoms with Gasteiger partial charge in [0, 0.05) is 6.42 Å². The van der Waals surface area contributed by atoms with Crippen LogP contribution in [-0.2, 0) is 33.2 Å². The smallest absolute Gasteiger partial charge is 0.220 e. The van der Waals surface area contributed by atoms with Gasteiger partial charge in [-0.15, -0.1) is 0 Å². The lowest BCUT2D eigenvalue weighted by Gasteiger charge is -2.48. The van der Waals surface area contributed by atoms with Crippen LogP contribution in [0.5, 0.6) is 0 Å². The maximum absolute atomic E-state index is 13.3. The Labute approximate surface area is 529 Å². The summed E-state index contributed by atoms with van der Waals surface area (Å²) < 4.78 is 34.1. The summed E-state index contributed by atoms with van der Waals surface area (Å²) in [5.41, 5.74) is 0. The lowest BCUT2D eigenvalue weighted by molar-refractivity contribution is -0.379. The number of rotatable bonds is 45. The van der Waals surface area contributed by atoms with Gasteiger partial charge in [0.15, 0.2) is 18.9 Å². The molecule has 502 valence electrons. The summed E-state index contributed by atoms with van der Waals surface area (Å²) in [7, 11) is 0. The number of amides is 1. The SMILES string of the molecule is C/C=C/CC/C=C/CC/C=C/C(O)C(COC1OC(CO)C(OC2OC(CO)C(OC3OC(CO)C(O)C(O)C3O)C(O)C2O)C(O)C1O)NC(=O)CCCCCC/C=C\C/C=C\C/C=C\C/C=C\C/C=C\C/C=C\C/C=C\C/C=C\C/C=C\C/C=C\CC. The number of aliphatic hydroxyl groups excluding tert-OH is 11. The lowest BCUT2D eigenvalue weighted by atomic mass is 9.96. The third-order valence-electron chi connectivity index (χ3n) is 14.9. The molecule has 19 nitrogen and oxygen atoms in total. The monoisotopic (exact) mass is 1250 g/mol. The van der Waals surface area contributed by atoms with E-state index in [0.717, 1.165) is 109 Å². The van der Waals surface area contributed by atoms with Crippen molar-refractivity contribution in [2.75, 3.05) is 26.4 Å². The number of hydrogen-bond donors (Lipinski definition) is 12. The molecule has 0 radical (unpaired) electrons. The lowest BCUT2D eigenvalue weighted by Crippen LogP contribution is -2.66. The molecule has 12 N–H and O–H groups in total. The zero-order valence-electron chi connectivity index (χ0n) is 52.6. The summed E-state index contributed by atoms with van der Waals surface area (Å²) in [6, 6.07) is -1.02. The van der Waals surface area contributed by atoms with Gasteiger partial charge < -0.3 is 89.9 Å². The Balaban J connectivity index is 1.38. The Hall–Kier alpha value is -4.59. The highest BCUT2D eigenvalue weighted by molar-refractivity contribution is 5.76. The summed E-state index contributed by atoms with van der Waals surface area (Å²) in [6.45, 7) is 1.27. The first kappa shape index (κ1) is 78.7. The van der Waals surface area contributed by atoms with Crippen molar-refractivity contribution in [1.82, 2.24) is 5.32 Å². The average Bonchev–Trinajstić information content (AvgIpc) is 1.06. The van der Waals surface area contributed by atoms with E-state index < -0.39 is 131 Å². The minimum absolute atomic E-state index is 0.190. The summed E-state index contributed by atoms with van der Waals surface area (Å²) in [5, 5.41) is 120. The molecule has 0 aromatic carbocycles. The second-order valence-corrected chi connectivity index (χ2v) is 22.1. The van der Waals surface area contributed by atoms with Crippen LogP contribution in [0.15, 0.2) is 158 Å². The number of carbonyl (C=O) groups is 1. The molecule has 0 spiro atoms. The van der Waals surface area contributed by atoms with Gasteiger partial charge >= 0.3 is 0 Å². The standard InChI is InChI=1S/C70H109NO18/c1-3-5-7-9-11-13-14-15-16-17-18-19-20-21-22-23-24-25-26-27-28-29-30-31-32-33-34-35-36-37-38-40-42-44-46-48-58(76)71-53(54(75)47-45-43-41-39-12-10-8-6-4-2)52-84-68-64(82)61(79)66(56(50-73)86-68)89-70-65(83)62(80)67(57(51-74)87-70)88-69-63(81)60(78)59(77)55(49-72)85-69/h4-7,11-13,15-16,18-19,21-22,24-25,27-28,30-31,33-34,36-37,39,45,47,53-57,59-70,72-75,77-83H,3,8-10,14,17,20,23,26,29,32,35,38,40-44,46,48-52H2,1-2H3,(H,71,76)/b6-4+,7-5-,13-11-,16-15-,19-18-,22-21-,25-24-,28-27-,31-30-,34-33-,37-36-,39-12+,47-45+. The molecule has 3 heterocycles. The predicted molar refractivity (Wildman–Crippen MR) is 345 cm³/mol. The van der Waals surface area contributed by atoms with Crippen LogP contribution in [0.4, 0.5) is 0 Å². The fourth-order valence-corrected chi connectivity index (χ4v) is 9.67. The normalized spacial score (nSPS) is 29.3. The first-order chi connectivity index (χ1) is 43.3. The van der Waals surface area contributed by atoms with E-state index in [0.29, 0.717) is 12.8 Å². The van der Waals surface area contributed by atoms with E-state index in [-0.39, 0.29) is 12.3 Å². The van der Waals surface area contributed by atoms with E-state index in [9.17, 15) is 61.0 Å². The minimum atomic E-state index is -1.99. The molecule has 3 fully saturated rings. The van der Waals surface area contributed by atoms with Crippen LogP contribution < -0.4 is 5.32 Å². The highest BCUT2D eigenvalue weighted by Crippen LogP contribution is 2.33. The fourth-order valence-electron chi connectivity index (χ4n) is 9.67. The van der Waals surface area contributed by atoms with E-state index in [4.69, 9.17) is 28.4 Å². The molecule has 3 aliphatic rings. The van der Waals surface area contributed by atoms with Crippen LogP contribution in [0.3, 0.4) is 0 Å². The van der Waals surface area contributed by atoms with Crippen molar-refractivity contribution in [2.24, 2.45) is 0 Å². The van der Waals surface area contributed by atoms with E-state index in [2.05, 4.69) is 152 Å². The van der Waals surface area contributed by atoms with E-state index >= 15 is 0 Å². The Morgan fingerprint density at radius 3 is 1.25 bits per heavy atom. The maximum Gasteiger partial charge on any atom is 0.220 e. The van der Waals surface area contributed by atoms with Gasteiger partial charge in [-0.25, -0.2) is 0 Å². The zero-order valence-corrected chi connectivity index (χ0v) is 52.6. The molecule has 3 rings (SSSR count). The van der Waals surface area contributed by atoms with Crippen LogP contribution in [0, 0.1) is 0 Å². The van der Waals surface area contributed by atoms with Crippen molar-refractivity contribution in [1.29, 1.82) is 0 Å². The Bertz CT molecular complexity index is 2230. The molecule has 19 heteroatoms.